The van der Waals surface area contributed by atoms with Crippen LogP contribution in [-0.4, -0.2) is 44.3 Å². The topological polar surface area (TPSA) is 86.8 Å². The molecule has 0 spiro atoms. The standard InChI is InChI=1S/C31H37Cl2N3O4S/c1-5-7-18-34-31(38)28(6-2)35(20-24-10-8-9-11-27(24)33)30(37)21-36(29-17-14-25(32)19-23(29)4)41(39,40)26-15-12-22(3)13-16-26/h8-17,19,28H,5-7,18,20-21H2,1-4H3,(H,34,38). The number of amides is 2. The Morgan fingerprint density at radius 3 is 2.24 bits per heavy atom. The van der Waals surface area contributed by atoms with Crippen molar-refractivity contribution < 1.29 is 18.0 Å². The van der Waals surface area contributed by atoms with E-state index in [0.29, 0.717) is 39.8 Å². The molecule has 0 saturated carbocycles. The molecule has 0 saturated heterocycles. The number of unbranched alkanes of at least 4 members (excludes halogenated alkanes) is 1. The molecule has 2 amide bonds. The zero-order valence-electron chi connectivity index (χ0n) is 23.9. The second-order valence-corrected chi connectivity index (χ2v) is 12.6. The molecule has 41 heavy (non-hydrogen) atoms. The molecule has 3 aromatic carbocycles. The van der Waals surface area contributed by atoms with Crippen LogP contribution < -0.4 is 9.62 Å². The highest BCUT2D eigenvalue weighted by Gasteiger charge is 2.34. The van der Waals surface area contributed by atoms with Crippen molar-refractivity contribution in [2.45, 2.75) is 64.4 Å². The molecule has 3 rings (SSSR count). The van der Waals surface area contributed by atoms with Crippen molar-refractivity contribution >= 4 is 50.7 Å². The van der Waals surface area contributed by atoms with Crippen LogP contribution in [0.1, 0.15) is 49.8 Å². The Labute approximate surface area is 253 Å². The minimum Gasteiger partial charge on any atom is -0.354 e. The summed E-state index contributed by atoms with van der Waals surface area (Å²) in [4.78, 5) is 28.9. The fourth-order valence-electron chi connectivity index (χ4n) is 4.49. The van der Waals surface area contributed by atoms with Gasteiger partial charge in [0.1, 0.15) is 12.6 Å². The zero-order chi connectivity index (χ0) is 30.2. The average Bonchev–Trinajstić information content (AvgIpc) is 2.93. The number of rotatable bonds is 13. The van der Waals surface area contributed by atoms with Crippen LogP contribution in [-0.2, 0) is 26.2 Å². The van der Waals surface area contributed by atoms with Crippen molar-refractivity contribution in [2.75, 3.05) is 17.4 Å². The van der Waals surface area contributed by atoms with Crippen molar-refractivity contribution in [3.63, 3.8) is 0 Å². The van der Waals surface area contributed by atoms with Gasteiger partial charge >= 0.3 is 0 Å². The number of benzene rings is 3. The molecule has 7 nitrogen and oxygen atoms in total. The molecule has 3 aromatic rings. The summed E-state index contributed by atoms with van der Waals surface area (Å²) >= 11 is 12.6. The summed E-state index contributed by atoms with van der Waals surface area (Å²) in [7, 11) is -4.17. The molecule has 0 aliphatic carbocycles. The van der Waals surface area contributed by atoms with E-state index in [-0.39, 0.29) is 17.3 Å². The molecule has 1 unspecified atom stereocenters. The summed E-state index contributed by atoms with van der Waals surface area (Å²) in [6.45, 7) is 7.44. The molecule has 0 aliphatic heterocycles. The molecule has 10 heteroatoms. The monoisotopic (exact) mass is 617 g/mol. The van der Waals surface area contributed by atoms with Gasteiger partial charge in [0.15, 0.2) is 0 Å². The highest BCUT2D eigenvalue weighted by Crippen LogP contribution is 2.30. The molecule has 0 heterocycles. The van der Waals surface area contributed by atoms with Gasteiger partial charge in [-0.1, -0.05) is 79.4 Å². The third-order valence-corrected chi connectivity index (χ3v) is 9.21. The van der Waals surface area contributed by atoms with E-state index < -0.39 is 28.5 Å². The van der Waals surface area contributed by atoms with E-state index in [1.165, 1.54) is 17.0 Å². The van der Waals surface area contributed by atoms with Crippen LogP contribution in [0, 0.1) is 13.8 Å². The average molecular weight is 619 g/mol. The number of hydrogen-bond donors (Lipinski definition) is 1. The van der Waals surface area contributed by atoms with Gasteiger partial charge in [-0.3, -0.25) is 13.9 Å². The summed E-state index contributed by atoms with van der Waals surface area (Å²) in [6.07, 6.45) is 2.05. The molecule has 0 fully saturated rings. The summed E-state index contributed by atoms with van der Waals surface area (Å²) < 4.78 is 29.1. The third-order valence-electron chi connectivity index (χ3n) is 6.83. The lowest BCUT2D eigenvalue weighted by Crippen LogP contribution is -2.52. The van der Waals surface area contributed by atoms with Crippen molar-refractivity contribution in [3.8, 4) is 0 Å². The van der Waals surface area contributed by atoms with E-state index in [2.05, 4.69) is 5.32 Å². The van der Waals surface area contributed by atoms with E-state index >= 15 is 0 Å². The molecule has 1 N–H and O–H groups in total. The second-order valence-electron chi connectivity index (χ2n) is 9.94. The molecule has 220 valence electrons. The van der Waals surface area contributed by atoms with Gasteiger partial charge in [0.25, 0.3) is 10.0 Å². The smallest absolute Gasteiger partial charge is 0.264 e. The number of sulfonamides is 1. The number of nitrogens with zero attached hydrogens (tertiary/aromatic N) is 2. The summed E-state index contributed by atoms with van der Waals surface area (Å²) in [5.74, 6) is -0.829. The van der Waals surface area contributed by atoms with Crippen LogP contribution in [0.5, 0.6) is 0 Å². The van der Waals surface area contributed by atoms with Gasteiger partial charge in [-0.2, -0.15) is 0 Å². The van der Waals surface area contributed by atoms with Gasteiger partial charge < -0.3 is 10.2 Å². The van der Waals surface area contributed by atoms with Crippen LogP contribution in [0.4, 0.5) is 5.69 Å². The normalized spacial score (nSPS) is 12.0. The number of hydrogen-bond acceptors (Lipinski definition) is 4. The highest BCUT2D eigenvalue weighted by molar-refractivity contribution is 7.92. The van der Waals surface area contributed by atoms with Crippen LogP contribution >= 0.6 is 23.2 Å². The molecular weight excluding hydrogens is 581 g/mol. The van der Waals surface area contributed by atoms with Gasteiger partial charge in [-0.05, 0) is 74.2 Å². The Morgan fingerprint density at radius 1 is 0.951 bits per heavy atom. The van der Waals surface area contributed by atoms with Crippen LogP contribution in [0.25, 0.3) is 0 Å². The van der Waals surface area contributed by atoms with Crippen molar-refractivity contribution in [2.24, 2.45) is 0 Å². The molecule has 1 atom stereocenters. The third kappa shape index (κ3) is 8.24. The Bertz CT molecular complexity index is 1460. The van der Waals surface area contributed by atoms with E-state index in [9.17, 15) is 18.0 Å². The SMILES string of the molecule is CCCCNC(=O)C(CC)N(Cc1ccccc1Cl)C(=O)CN(c1ccc(Cl)cc1C)S(=O)(=O)c1ccc(C)cc1. The van der Waals surface area contributed by atoms with Crippen molar-refractivity contribution in [1.82, 2.24) is 10.2 Å². The number of carbonyl (C=O) groups is 2. The van der Waals surface area contributed by atoms with Gasteiger partial charge in [0.2, 0.25) is 11.8 Å². The van der Waals surface area contributed by atoms with E-state index in [1.807, 2.05) is 20.8 Å². The first-order valence-electron chi connectivity index (χ1n) is 13.7. The zero-order valence-corrected chi connectivity index (χ0v) is 26.2. The number of nitrogens with one attached hydrogen (secondary N) is 1. The van der Waals surface area contributed by atoms with E-state index in [1.54, 1.807) is 61.5 Å². The van der Waals surface area contributed by atoms with Gasteiger partial charge in [0.05, 0.1) is 10.6 Å². The fourth-order valence-corrected chi connectivity index (χ4v) is 6.39. The number of anilines is 1. The van der Waals surface area contributed by atoms with Crippen LogP contribution in [0.2, 0.25) is 10.0 Å². The largest absolute Gasteiger partial charge is 0.354 e. The van der Waals surface area contributed by atoms with Gasteiger partial charge in [-0.15, -0.1) is 0 Å². The lowest BCUT2D eigenvalue weighted by Gasteiger charge is -2.33. The quantitative estimate of drug-likeness (QED) is 0.221. The first kappa shape index (κ1) is 32.4. The van der Waals surface area contributed by atoms with Crippen molar-refractivity contribution in [1.29, 1.82) is 0 Å². The number of carbonyl (C=O) groups excluding carboxylic acids is 2. The van der Waals surface area contributed by atoms with Gasteiger partial charge in [-0.25, -0.2) is 8.42 Å². The maximum atomic E-state index is 14.2. The van der Waals surface area contributed by atoms with Crippen LogP contribution in [0.3, 0.4) is 0 Å². The first-order valence-corrected chi connectivity index (χ1v) is 15.8. The lowest BCUT2D eigenvalue weighted by molar-refractivity contribution is -0.140. The number of aryl methyl sites for hydroxylation is 2. The number of halogens is 2. The molecule has 0 aliphatic rings. The summed E-state index contributed by atoms with van der Waals surface area (Å²) in [5.41, 5.74) is 2.46. The Kier molecular flexibility index (Phi) is 11.6. The van der Waals surface area contributed by atoms with Gasteiger partial charge in [0, 0.05) is 23.1 Å². The van der Waals surface area contributed by atoms with E-state index in [0.717, 1.165) is 22.7 Å². The summed E-state index contributed by atoms with van der Waals surface area (Å²) in [5, 5.41) is 3.81. The van der Waals surface area contributed by atoms with Crippen molar-refractivity contribution in [3.05, 3.63) is 93.5 Å². The minimum absolute atomic E-state index is 0.0379. The predicted octanol–water partition coefficient (Wildman–Crippen LogP) is 6.53. The van der Waals surface area contributed by atoms with E-state index in [4.69, 9.17) is 23.2 Å². The molecular formula is C31H37Cl2N3O4S. The minimum atomic E-state index is -4.17. The first-order chi connectivity index (χ1) is 19.5. The lowest BCUT2D eigenvalue weighted by atomic mass is 10.1. The fraction of sp³-hybridized carbons (Fsp3) is 0.355. The Hall–Kier alpha value is -3.07. The second kappa shape index (κ2) is 14.7. The molecule has 0 aromatic heterocycles. The Morgan fingerprint density at radius 2 is 1.63 bits per heavy atom. The molecule has 0 bridgehead atoms. The van der Waals surface area contributed by atoms with Crippen LogP contribution in [0.15, 0.2) is 71.6 Å². The summed E-state index contributed by atoms with van der Waals surface area (Å²) in [6, 6.07) is 17.5. The molecule has 0 radical (unpaired) electrons. The maximum absolute atomic E-state index is 14.2. The maximum Gasteiger partial charge on any atom is 0.264 e. The highest BCUT2D eigenvalue weighted by atomic mass is 35.5. The Balaban J connectivity index is 2.08. The predicted molar refractivity (Wildman–Crippen MR) is 166 cm³/mol.